The Hall–Kier alpha value is -2.14. The molecule has 5 heteroatoms. The lowest BCUT2D eigenvalue weighted by molar-refractivity contribution is -0.120. The third-order valence-corrected chi connectivity index (χ3v) is 5.23. The number of carbonyl (C=O) groups is 1. The largest absolute Gasteiger partial charge is 0.361 e. The minimum absolute atomic E-state index is 0.0132. The molecule has 26 heavy (non-hydrogen) atoms. The number of hydrogen-bond acceptors (Lipinski definition) is 4. The van der Waals surface area contributed by atoms with Gasteiger partial charge >= 0.3 is 0 Å². The van der Waals surface area contributed by atoms with E-state index in [0.29, 0.717) is 12.2 Å². The van der Waals surface area contributed by atoms with E-state index >= 15 is 0 Å². The molecule has 1 N–H and O–H groups in total. The molecule has 0 spiro atoms. The number of nitrogens with one attached hydrogen (secondary N) is 1. The first-order chi connectivity index (χ1) is 12.5. The summed E-state index contributed by atoms with van der Waals surface area (Å²) >= 11 is 0. The first kappa shape index (κ1) is 18.6. The van der Waals surface area contributed by atoms with Gasteiger partial charge < -0.3 is 9.84 Å². The fraction of sp³-hybridized carbons (Fsp3) is 0.524. The molecule has 1 saturated heterocycles. The van der Waals surface area contributed by atoms with E-state index in [2.05, 4.69) is 53.5 Å². The number of likely N-dealkylation sites (tertiary alicyclic amines) is 1. The number of amides is 1. The Kier molecular flexibility index (Phi) is 6.09. The lowest BCUT2D eigenvalue weighted by Crippen LogP contribution is -2.42. The Morgan fingerprint density at radius 3 is 2.58 bits per heavy atom. The first-order valence-electron chi connectivity index (χ1n) is 9.51. The highest BCUT2D eigenvalue weighted by Crippen LogP contribution is 2.26. The second kappa shape index (κ2) is 8.49. The molecule has 3 rings (SSSR count). The molecule has 2 heterocycles. The van der Waals surface area contributed by atoms with Crippen molar-refractivity contribution in [3.63, 3.8) is 0 Å². The molecule has 1 aromatic carbocycles. The van der Waals surface area contributed by atoms with Crippen molar-refractivity contribution >= 4 is 5.91 Å². The number of carbonyl (C=O) groups excluding carboxylic acids is 1. The molecule has 1 fully saturated rings. The van der Waals surface area contributed by atoms with Crippen LogP contribution >= 0.6 is 0 Å². The van der Waals surface area contributed by atoms with Crippen molar-refractivity contribution in [3.8, 4) is 0 Å². The fourth-order valence-electron chi connectivity index (χ4n) is 3.53. The van der Waals surface area contributed by atoms with Crippen LogP contribution in [0.1, 0.15) is 48.4 Å². The Bertz CT molecular complexity index is 715. The van der Waals surface area contributed by atoms with Gasteiger partial charge in [-0.05, 0) is 51.3 Å². The first-order valence-corrected chi connectivity index (χ1v) is 9.51. The van der Waals surface area contributed by atoms with Gasteiger partial charge in [-0.15, -0.1) is 0 Å². The molecule has 1 aliphatic rings. The van der Waals surface area contributed by atoms with Crippen molar-refractivity contribution in [2.45, 2.75) is 46.1 Å². The van der Waals surface area contributed by atoms with Crippen molar-refractivity contribution in [1.82, 2.24) is 15.4 Å². The van der Waals surface area contributed by atoms with Gasteiger partial charge in [-0.1, -0.05) is 41.9 Å². The molecule has 5 nitrogen and oxygen atoms in total. The van der Waals surface area contributed by atoms with Gasteiger partial charge in [-0.25, -0.2) is 0 Å². The van der Waals surface area contributed by atoms with E-state index in [4.69, 9.17) is 4.52 Å². The predicted octanol–water partition coefficient (Wildman–Crippen LogP) is 3.42. The normalized spacial score (nSPS) is 17.2. The van der Waals surface area contributed by atoms with Crippen LogP contribution in [0.5, 0.6) is 0 Å². The molecule has 140 valence electrons. The van der Waals surface area contributed by atoms with Crippen LogP contribution in [0.2, 0.25) is 0 Å². The minimum atomic E-state index is -0.0132. The molecule has 1 aromatic heterocycles. The maximum Gasteiger partial charge on any atom is 0.226 e. The number of aromatic nitrogens is 1. The van der Waals surface area contributed by atoms with Gasteiger partial charge in [0.25, 0.3) is 0 Å². The van der Waals surface area contributed by atoms with Gasteiger partial charge in [0.2, 0.25) is 5.91 Å². The second-order valence-corrected chi connectivity index (χ2v) is 7.55. The van der Waals surface area contributed by atoms with Gasteiger partial charge in [0.1, 0.15) is 5.76 Å². The smallest absolute Gasteiger partial charge is 0.226 e. The standard InChI is InChI=1S/C21H29N3O2/c1-15-4-6-18(7-5-15)20(24-10-8-16(2)9-11-24)14-22-21(25)13-19-12-17(3)26-23-19/h4-7,12,16,20H,8-11,13-14H2,1-3H3,(H,22,25). The van der Waals surface area contributed by atoms with Crippen LogP contribution in [-0.2, 0) is 11.2 Å². The van der Waals surface area contributed by atoms with Gasteiger partial charge in [0.15, 0.2) is 0 Å². The van der Waals surface area contributed by atoms with E-state index in [0.717, 1.165) is 24.8 Å². The minimum Gasteiger partial charge on any atom is -0.361 e. The summed E-state index contributed by atoms with van der Waals surface area (Å²) in [6, 6.07) is 10.7. The number of benzene rings is 1. The predicted molar refractivity (Wildman–Crippen MR) is 102 cm³/mol. The van der Waals surface area contributed by atoms with Crippen molar-refractivity contribution in [3.05, 3.63) is 52.9 Å². The third kappa shape index (κ3) is 4.94. The van der Waals surface area contributed by atoms with Gasteiger partial charge in [-0.3, -0.25) is 9.69 Å². The summed E-state index contributed by atoms with van der Waals surface area (Å²) in [6.07, 6.45) is 2.69. The van der Waals surface area contributed by atoms with E-state index in [1.54, 1.807) is 0 Å². The van der Waals surface area contributed by atoms with E-state index in [9.17, 15) is 4.79 Å². The van der Waals surface area contributed by atoms with Crippen LogP contribution in [0.15, 0.2) is 34.9 Å². The van der Waals surface area contributed by atoms with Crippen molar-refractivity contribution < 1.29 is 9.32 Å². The van der Waals surface area contributed by atoms with E-state index in [1.807, 2.05) is 13.0 Å². The Labute approximate surface area is 155 Å². The highest BCUT2D eigenvalue weighted by Gasteiger charge is 2.25. The molecule has 1 aliphatic heterocycles. The molecule has 0 aliphatic carbocycles. The zero-order valence-electron chi connectivity index (χ0n) is 16.0. The SMILES string of the molecule is Cc1ccc(C(CNC(=O)Cc2cc(C)on2)N2CCC(C)CC2)cc1. The summed E-state index contributed by atoms with van der Waals surface area (Å²) in [6.45, 7) is 9.03. The highest BCUT2D eigenvalue weighted by atomic mass is 16.5. The zero-order valence-corrected chi connectivity index (χ0v) is 16.0. The average Bonchev–Trinajstić information content (AvgIpc) is 3.03. The van der Waals surface area contributed by atoms with Crippen LogP contribution < -0.4 is 5.32 Å². The van der Waals surface area contributed by atoms with Gasteiger partial charge in [0, 0.05) is 12.6 Å². The van der Waals surface area contributed by atoms with E-state index in [-0.39, 0.29) is 18.4 Å². The molecule has 0 bridgehead atoms. The molecular formula is C21H29N3O2. The molecule has 0 radical (unpaired) electrons. The quantitative estimate of drug-likeness (QED) is 0.862. The average molecular weight is 355 g/mol. The number of rotatable bonds is 6. The van der Waals surface area contributed by atoms with Crippen LogP contribution in [0.25, 0.3) is 0 Å². The summed E-state index contributed by atoms with van der Waals surface area (Å²) in [4.78, 5) is 14.8. The maximum atomic E-state index is 12.3. The van der Waals surface area contributed by atoms with Crippen LogP contribution in [0.4, 0.5) is 0 Å². The summed E-state index contributed by atoms with van der Waals surface area (Å²) in [7, 11) is 0. The van der Waals surface area contributed by atoms with Crippen molar-refractivity contribution in [2.24, 2.45) is 5.92 Å². The molecule has 1 unspecified atom stereocenters. The molecule has 2 aromatic rings. The van der Waals surface area contributed by atoms with Crippen LogP contribution in [0, 0.1) is 19.8 Å². The Balaban J connectivity index is 1.65. The number of aryl methyl sites for hydroxylation is 2. The molecular weight excluding hydrogens is 326 g/mol. The number of nitrogens with zero attached hydrogens (tertiary/aromatic N) is 2. The fourth-order valence-corrected chi connectivity index (χ4v) is 3.53. The lowest BCUT2D eigenvalue weighted by atomic mass is 9.95. The van der Waals surface area contributed by atoms with Crippen LogP contribution in [0.3, 0.4) is 0 Å². The highest BCUT2D eigenvalue weighted by molar-refractivity contribution is 5.78. The Morgan fingerprint density at radius 1 is 1.27 bits per heavy atom. The summed E-state index contributed by atoms with van der Waals surface area (Å²) in [5.74, 6) is 1.50. The summed E-state index contributed by atoms with van der Waals surface area (Å²) < 4.78 is 5.04. The maximum absolute atomic E-state index is 12.3. The lowest BCUT2D eigenvalue weighted by Gasteiger charge is -2.37. The third-order valence-electron chi connectivity index (χ3n) is 5.23. The summed E-state index contributed by atoms with van der Waals surface area (Å²) in [5, 5.41) is 7.00. The second-order valence-electron chi connectivity index (χ2n) is 7.55. The molecule has 1 amide bonds. The number of piperidine rings is 1. The Morgan fingerprint density at radius 2 is 1.96 bits per heavy atom. The van der Waals surface area contributed by atoms with Crippen molar-refractivity contribution in [2.75, 3.05) is 19.6 Å². The van der Waals surface area contributed by atoms with E-state index in [1.165, 1.54) is 24.0 Å². The topological polar surface area (TPSA) is 58.4 Å². The van der Waals surface area contributed by atoms with Crippen LogP contribution in [-0.4, -0.2) is 35.6 Å². The van der Waals surface area contributed by atoms with Gasteiger partial charge in [0.05, 0.1) is 18.2 Å². The zero-order chi connectivity index (χ0) is 18.5. The van der Waals surface area contributed by atoms with Gasteiger partial charge in [-0.2, -0.15) is 0 Å². The van der Waals surface area contributed by atoms with Crippen molar-refractivity contribution in [1.29, 1.82) is 0 Å². The molecule has 0 saturated carbocycles. The molecule has 1 atom stereocenters. The monoisotopic (exact) mass is 355 g/mol. The summed E-state index contributed by atoms with van der Waals surface area (Å²) in [5.41, 5.74) is 3.20. The van der Waals surface area contributed by atoms with E-state index < -0.39 is 0 Å². The number of hydrogen-bond donors (Lipinski definition) is 1.